The molecule has 0 radical (unpaired) electrons. The molecule has 5 rings (SSSR count). The van der Waals surface area contributed by atoms with E-state index >= 15 is 0 Å². The summed E-state index contributed by atoms with van der Waals surface area (Å²) in [5.74, 6) is -0.287. The first-order valence-corrected chi connectivity index (χ1v) is 13.1. The highest BCUT2D eigenvalue weighted by atomic mass is 35.5. The number of anilines is 2. The molecule has 10 heteroatoms. The summed E-state index contributed by atoms with van der Waals surface area (Å²) in [5.41, 5.74) is 5.10. The van der Waals surface area contributed by atoms with Crippen LogP contribution in [-0.2, 0) is 9.53 Å². The van der Waals surface area contributed by atoms with Crippen LogP contribution in [-0.4, -0.2) is 34.3 Å². The van der Waals surface area contributed by atoms with Gasteiger partial charge in [0.2, 0.25) is 5.91 Å². The first-order valence-electron chi connectivity index (χ1n) is 11.9. The second-order valence-corrected chi connectivity index (χ2v) is 10.1. The van der Waals surface area contributed by atoms with E-state index in [1.165, 1.54) is 7.11 Å². The van der Waals surface area contributed by atoms with Crippen molar-refractivity contribution in [1.82, 2.24) is 14.9 Å². The van der Waals surface area contributed by atoms with Crippen molar-refractivity contribution in [2.45, 2.75) is 19.0 Å². The lowest BCUT2D eigenvalue weighted by molar-refractivity contribution is -0.119. The van der Waals surface area contributed by atoms with Gasteiger partial charge in [-0.1, -0.05) is 29.3 Å². The van der Waals surface area contributed by atoms with Gasteiger partial charge in [0.15, 0.2) is 5.11 Å². The molecular weight excluding hydrogens is 541 g/mol. The van der Waals surface area contributed by atoms with Crippen molar-refractivity contribution in [2.24, 2.45) is 0 Å². The summed E-state index contributed by atoms with van der Waals surface area (Å²) in [6, 6.07) is 20.8. The number of amides is 1. The number of halogens is 2. The number of benzene rings is 2. The number of methoxy groups -OCH3 is 1. The summed E-state index contributed by atoms with van der Waals surface area (Å²) in [6.45, 7) is 1.92. The number of carbonyl (C=O) groups excluding carboxylic acids is 1. The molecule has 2 atom stereocenters. The molecule has 0 unspecified atom stereocenters. The van der Waals surface area contributed by atoms with Crippen LogP contribution in [0.5, 0.6) is 0 Å². The smallest absolute Gasteiger partial charge is 0.250 e. The molecule has 194 valence electrons. The van der Waals surface area contributed by atoms with E-state index in [-0.39, 0.29) is 24.6 Å². The molecule has 3 heterocycles. The minimum absolute atomic E-state index is 0.0623. The minimum Gasteiger partial charge on any atom is -0.375 e. The van der Waals surface area contributed by atoms with Crippen LogP contribution < -0.4 is 15.5 Å². The molecule has 1 fully saturated rings. The van der Waals surface area contributed by atoms with Gasteiger partial charge in [-0.2, -0.15) is 0 Å². The predicted octanol–water partition coefficient (Wildman–Crippen LogP) is 6.25. The lowest BCUT2D eigenvalue weighted by Gasteiger charge is -2.29. The average Bonchev–Trinajstić information content (AvgIpc) is 3.52. The quantitative estimate of drug-likeness (QED) is 0.258. The molecule has 4 aromatic rings. The second-order valence-electron chi connectivity index (χ2n) is 8.88. The van der Waals surface area contributed by atoms with Gasteiger partial charge in [-0.25, -0.2) is 0 Å². The number of rotatable bonds is 7. The topological polar surface area (TPSA) is 71.4 Å². The number of pyridine rings is 1. The molecular formula is C28H25Cl2N5O2S. The van der Waals surface area contributed by atoms with Crippen LogP contribution >= 0.6 is 35.4 Å². The first kappa shape index (κ1) is 26.2. The third-order valence-electron chi connectivity index (χ3n) is 6.38. The lowest BCUT2D eigenvalue weighted by atomic mass is 10.0. The summed E-state index contributed by atoms with van der Waals surface area (Å²) in [7, 11) is 1.46. The highest BCUT2D eigenvalue weighted by Gasteiger charge is 2.42. The Morgan fingerprint density at radius 1 is 1.08 bits per heavy atom. The van der Waals surface area contributed by atoms with E-state index in [1.807, 2.05) is 60.5 Å². The van der Waals surface area contributed by atoms with Gasteiger partial charge in [-0.3, -0.25) is 9.78 Å². The third-order valence-corrected chi connectivity index (χ3v) is 7.43. The number of nitrogens with one attached hydrogen (secondary N) is 2. The van der Waals surface area contributed by atoms with Crippen molar-refractivity contribution < 1.29 is 9.53 Å². The fourth-order valence-electron chi connectivity index (χ4n) is 4.66. The molecule has 2 N–H and O–H groups in total. The molecule has 1 aliphatic rings. The zero-order chi connectivity index (χ0) is 26.8. The Balaban J connectivity index is 1.59. The van der Waals surface area contributed by atoms with Crippen LogP contribution in [0.1, 0.15) is 29.0 Å². The average molecular weight is 567 g/mol. The van der Waals surface area contributed by atoms with Crippen LogP contribution in [0, 0.1) is 6.92 Å². The van der Waals surface area contributed by atoms with Crippen molar-refractivity contribution in [1.29, 1.82) is 0 Å². The van der Waals surface area contributed by atoms with E-state index in [2.05, 4.69) is 32.3 Å². The van der Waals surface area contributed by atoms with Crippen LogP contribution in [0.2, 0.25) is 10.0 Å². The first-order chi connectivity index (χ1) is 18.4. The molecule has 1 amide bonds. The molecule has 1 saturated heterocycles. The van der Waals surface area contributed by atoms with E-state index < -0.39 is 0 Å². The maximum atomic E-state index is 12.0. The zero-order valence-electron chi connectivity index (χ0n) is 20.7. The SMILES string of the molecule is COCC(=O)Nc1ccc(N2C(=S)N[C@H](c3ccccn3)[C@@H]2c2cccn2-c2ccc(Cl)c(C)c2)cc1Cl. The predicted molar refractivity (Wildman–Crippen MR) is 155 cm³/mol. The molecule has 0 aliphatic carbocycles. The third kappa shape index (κ3) is 5.13. The minimum atomic E-state index is -0.287. The van der Waals surface area contributed by atoms with Gasteiger partial charge in [-0.05, 0) is 85.4 Å². The zero-order valence-corrected chi connectivity index (χ0v) is 23.0. The Hall–Kier alpha value is -3.43. The van der Waals surface area contributed by atoms with Crippen molar-refractivity contribution in [3.63, 3.8) is 0 Å². The summed E-state index contributed by atoms with van der Waals surface area (Å²) in [6.07, 6.45) is 3.80. The number of hydrogen-bond donors (Lipinski definition) is 2. The molecule has 0 spiro atoms. The van der Waals surface area contributed by atoms with Crippen LogP contribution in [0.15, 0.2) is 79.1 Å². The van der Waals surface area contributed by atoms with E-state index in [0.29, 0.717) is 20.8 Å². The summed E-state index contributed by atoms with van der Waals surface area (Å²) in [5, 5.41) is 7.88. The fraction of sp³-hybridized carbons (Fsp3) is 0.179. The van der Waals surface area contributed by atoms with Gasteiger partial charge in [0.05, 0.1) is 22.4 Å². The summed E-state index contributed by atoms with van der Waals surface area (Å²) in [4.78, 5) is 18.7. The monoisotopic (exact) mass is 565 g/mol. The van der Waals surface area contributed by atoms with Crippen molar-refractivity contribution in [3.05, 3.63) is 106 Å². The fourth-order valence-corrected chi connectivity index (χ4v) is 5.34. The van der Waals surface area contributed by atoms with Crippen molar-refractivity contribution in [3.8, 4) is 5.69 Å². The highest BCUT2D eigenvalue weighted by Crippen LogP contribution is 2.43. The standard InChI is InChI=1S/C28H25Cl2N5O2S/c1-17-14-18(8-10-20(17)29)34-13-5-7-24(34)27-26(23-6-3-4-12-31-23)33-28(38)35(27)19-9-11-22(21(30)15-19)32-25(36)16-37-2/h3-15,26-27H,16H2,1-2H3,(H,32,36)(H,33,38)/t26-,27+/m1/s1. The Labute approximate surface area is 236 Å². The van der Waals surface area contributed by atoms with E-state index in [1.54, 1.807) is 18.3 Å². The van der Waals surface area contributed by atoms with E-state index in [0.717, 1.165) is 28.3 Å². The highest BCUT2D eigenvalue weighted by molar-refractivity contribution is 7.80. The number of nitrogens with zero attached hydrogens (tertiary/aromatic N) is 3. The summed E-state index contributed by atoms with van der Waals surface area (Å²) >= 11 is 18.8. The Kier molecular flexibility index (Phi) is 7.67. The number of aryl methyl sites for hydroxylation is 1. The second kappa shape index (κ2) is 11.1. The van der Waals surface area contributed by atoms with Crippen LogP contribution in [0.25, 0.3) is 5.69 Å². The number of aromatic nitrogens is 2. The normalized spacial score (nSPS) is 16.9. The van der Waals surface area contributed by atoms with Gasteiger partial charge in [0.25, 0.3) is 0 Å². The Bertz CT molecular complexity index is 1490. The molecule has 2 aromatic heterocycles. The molecule has 38 heavy (non-hydrogen) atoms. The van der Waals surface area contributed by atoms with E-state index in [9.17, 15) is 4.79 Å². The summed E-state index contributed by atoms with van der Waals surface area (Å²) < 4.78 is 7.03. The van der Waals surface area contributed by atoms with Gasteiger partial charge < -0.3 is 24.8 Å². The maximum absolute atomic E-state index is 12.0. The molecule has 0 saturated carbocycles. The van der Waals surface area contributed by atoms with Crippen LogP contribution in [0.4, 0.5) is 11.4 Å². The maximum Gasteiger partial charge on any atom is 0.250 e. The molecule has 1 aliphatic heterocycles. The molecule has 7 nitrogen and oxygen atoms in total. The largest absolute Gasteiger partial charge is 0.375 e. The number of ether oxygens (including phenoxy) is 1. The van der Waals surface area contributed by atoms with Gasteiger partial charge in [0, 0.05) is 41.6 Å². The molecule has 2 aromatic carbocycles. The van der Waals surface area contributed by atoms with E-state index in [4.69, 9.17) is 40.2 Å². The van der Waals surface area contributed by atoms with Gasteiger partial charge in [-0.15, -0.1) is 0 Å². The Morgan fingerprint density at radius 2 is 1.89 bits per heavy atom. The van der Waals surface area contributed by atoms with Crippen LogP contribution in [0.3, 0.4) is 0 Å². The van der Waals surface area contributed by atoms with Crippen molar-refractivity contribution >= 4 is 57.8 Å². The lowest BCUT2D eigenvalue weighted by Crippen LogP contribution is -2.30. The van der Waals surface area contributed by atoms with Gasteiger partial charge >= 0.3 is 0 Å². The Morgan fingerprint density at radius 3 is 2.61 bits per heavy atom. The number of hydrogen-bond acceptors (Lipinski definition) is 4. The van der Waals surface area contributed by atoms with Crippen molar-refractivity contribution in [2.75, 3.05) is 23.9 Å². The number of carbonyl (C=O) groups is 1. The van der Waals surface area contributed by atoms with Gasteiger partial charge in [0.1, 0.15) is 12.6 Å². The number of thiocarbonyl (C=S) groups is 1. The molecule has 0 bridgehead atoms.